The second-order valence-electron chi connectivity index (χ2n) is 9.02. The fraction of sp³-hybridized carbons (Fsp3) is 0.542. The first kappa shape index (κ1) is 21.3. The minimum Gasteiger partial charge on any atom is -0.381 e. The van der Waals surface area contributed by atoms with Crippen molar-refractivity contribution in [3.8, 4) is 0 Å². The number of hydrogen-bond acceptors (Lipinski definition) is 6. The zero-order chi connectivity index (χ0) is 21.2. The first-order chi connectivity index (χ1) is 14.4. The van der Waals surface area contributed by atoms with Gasteiger partial charge in [-0.25, -0.2) is 4.98 Å². The Morgan fingerprint density at radius 2 is 2.03 bits per heavy atom. The summed E-state index contributed by atoms with van der Waals surface area (Å²) in [6.45, 7) is 12.5. The van der Waals surface area contributed by atoms with Crippen molar-refractivity contribution in [3.63, 3.8) is 0 Å². The second-order valence-corrected chi connectivity index (χ2v) is 10.1. The Balaban J connectivity index is 1.50. The summed E-state index contributed by atoms with van der Waals surface area (Å²) >= 11 is 1.77. The summed E-state index contributed by atoms with van der Waals surface area (Å²) in [6, 6.07) is 6.54. The van der Waals surface area contributed by atoms with Gasteiger partial charge >= 0.3 is 0 Å². The van der Waals surface area contributed by atoms with Gasteiger partial charge in [-0.3, -0.25) is 14.9 Å². The highest BCUT2D eigenvalue weighted by Gasteiger charge is 2.43. The van der Waals surface area contributed by atoms with Crippen LogP contribution in [0.2, 0.25) is 0 Å². The molecule has 1 fully saturated rings. The van der Waals surface area contributed by atoms with E-state index in [1.54, 1.807) is 23.7 Å². The second kappa shape index (κ2) is 8.69. The highest BCUT2D eigenvalue weighted by Crippen LogP contribution is 2.42. The number of hydrogen-bond donors (Lipinski definition) is 0. The Bertz CT molecular complexity index is 951. The van der Waals surface area contributed by atoms with Gasteiger partial charge in [-0.1, -0.05) is 6.07 Å². The zero-order valence-electron chi connectivity index (χ0n) is 18.5. The van der Waals surface area contributed by atoms with Crippen LogP contribution < -0.4 is 0 Å². The molecule has 4 rings (SSSR count). The molecule has 0 aromatic carbocycles. The molecule has 0 aliphatic carbocycles. The summed E-state index contributed by atoms with van der Waals surface area (Å²) in [6.07, 6.45) is 8.92. The minimum absolute atomic E-state index is 0.0416. The SMILES string of the molecule is CCOCC1(CCc2cc3nccnc3s2)CCN(C(C)(C)c2ccc(C)nc2)C1. The van der Waals surface area contributed by atoms with E-state index in [9.17, 15) is 0 Å². The maximum Gasteiger partial charge on any atom is 0.142 e. The molecule has 1 aliphatic rings. The summed E-state index contributed by atoms with van der Waals surface area (Å²) in [5.41, 5.74) is 3.50. The summed E-state index contributed by atoms with van der Waals surface area (Å²) in [5.74, 6) is 0. The fourth-order valence-electron chi connectivity index (χ4n) is 4.47. The van der Waals surface area contributed by atoms with Crippen LogP contribution in [0.5, 0.6) is 0 Å². The maximum atomic E-state index is 5.99. The van der Waals surface area contributed by atoms with Crippen molar-refractivity contribution < 1.29 is 4.74 Å². The summed E-state index contributed by atoms with van der Waals surface area (Å²) in [7, 11) is 0. The molecule has 1 saturated heterocycles. The molecular weight excluding hydrogens is 392 g/mol. The molecule has 0 bridgehead atoms. The van der Waals surface area contributed by atoms with Crippen molar-refractivity contribution >= 4 is 21.7 Å². The van der Waals surface area contributed by atoms with E-state index in [2.05, 4.69) is 58.8 Å². The Morgan fingerprint density at radius 3 is 2.77 bits per heavy atom. The Morgan fingerprint density at radius 1 is 1.20 bits per heavy atom. The third-order valence-corrected chi connectivity index (χ3v) is 7.67. The molecule has 0 saturated carbocycles. The Labute approximate surface area is 183 Å². The largest absolute Gasteiger partial charge is 0.381 e. The zero-order valence-corrected chi connectivity index (χ0v) is 19.3. The van der Waals surface area contributed by atoms with E-state index in [-0.39, 0.29) is 11.0 Å². The number of rotatable bonds is 8. The van der Waals surface area contributed by atoms with Gasteiger partial charge in [-0.05, 0) is 71.2 Å². The van der Waals surface area contributed by atoms with Crippen molar-refractivity contribution in [2.24, 2.45) is 5.41 Å². The highest BCUT2D eigenvalue weighted by molar-refractivity contribution is 7.18. The molecule has 0 spiro atoms. The third-order valence-electron chi connectivity index (χ3n) is 6.58. The lowest BCUT2D eigenvalue weighted by Gasteiger charge is -2.38. The number of likely N-dealkylation sites (tertiary alicyclic amines) is 1. The van der Waals surface area contributed by atoms with Gasteiger partial charge < -0.3 is 4.74 Å². The lowest BCUT2D eigenvalue weighted by Crippen LogP contribution is -2.42. The molecule has 0 N–H and O–H groups in total. The smallest absolute Gasteiger partial charge is 0.142 e. The summed E-state index contributed by atoms with van der Waals surface area (Å²) in [4.78, 5) is 18.4. The number of aromatic nitrogens is 3. The summed E-state index contributed by atoms with van der Waals surface area (Å²) in [5, 5.41) is 0. The summed E-state index contributed by atoms with van der Waals surface area (Å²) < 4.78 is 5.99. The number of aryl methyl sites for hydroxylation is 2. The van der Waals surface area contributed by atoms with Crippen molar-refractivity contribution in [1.82, 2.24) is 19.9 Å². The maximum absolute atomic E-state index is 5.99. The molecule has 0 radical (unpaired) electrons. The molecule has 1 atom stereocenters. The molecule has 3 aromatic rings. The van der Waals surface area contributed by atoms with Crippen molar-refractivity contribution in [1.29, 1.82) is 0 Å². The highest BCUT2D eigenvalue weighted by atomic mass is 32.1. The van der Waals surface area contributed by atoms with Gasteiger partial charge in [0.25, 0.3) is 0 Å². The molecular formula is C24H32N4OS. The standard InChI is InChI=1S/C24H32N4OS/c1-5-29-17-24(9-8-20-14-21-22(30-20)26-12-11-25-21)10-13-28(16-24)23(3,4)19-7-6-18(2)27-15-19/h6-7,11-12,14-15H,5,8-10,13,16-17H2,1-4H3. The van der Waals surface area contributed by atoms with Crippen molar-refractivity contribution in [2.75, 3.05) is 26.3 Å². The van der Waals surface area contributed by atoms with E-state index in [1.165, 1.54) is 10.4 Å². The molecule has 6 heteroatoms. The molecule has 1 unspecified atom stereocenters. The van der Waals surface area contributed by atoms with Gasteiger partial charge in [0, 0.05) is 53.3 Å². The predicted octanol–water partition coefficient (Wildman–Crippen LogP) is 4.99. The molecule has 5 nitrogen and oxygen atoms in total. The van der Waals surface area contributed by atoms with E-state index >= 15 is 0 Å². The lowest BCUT2D eigenvalue weighted by molar-refractivity contribution is 0.0386. The first-order valence-electron chi connectivity index (χ1n) is 10.9. The Kier molecular flexibility index (Phi) is 6.19. The number of fused-ring (bicyclic) bond motifs is 1. The van der Waals surface area contributed by atoms with Gasteiger partial charge in [-0.2, -0.15) is 0 Å². The van der Waals surface area contributed by atoms with Crippen LogP contribution in [0.3, 0.4) is 0 Å². The number of nitrogens with zero attached hydrogens (tertiary/aromatic N) is 4. The van der Waals surface area contributed by atoms with Crippen LogP contribution in [-0.4, -0.2) is 46.2 Å². The van der Waals surface area contributed by atoms with Crippen LogP contribution in [0.15, 0.2) is 36.8 Å². The first-order valence-corrected chi connectivity index (χ1v) is 11.7. The topological polar surface area (TPSA) is 51.1 Å². The average Bonchev–Trinajstić information content (AvgIpc) is 3.36. The van der Waals surface area contributed by atoms with E-state index in [1.807, 2.05) is 13.1 Å². The van der Waals surface area contributed by atoms with Gasteiger partial charge in [0.05, 0.1) is 12.1 Å². The molecule has 3 aromatic heterocycles. The normalized spacial score (nSPS) is 20.3. The quantitative estimate of drug-likeness (QED) is 0.510. The Hall–Kier alpha value is -1.89. The predicted molar refractivity (Wildman–Crippen MR) is 123 cm³/mol. The van der Waals surface area contributed by atoms with E-state index in [0.29, 0.717) is 0 Å². The van der Waals surface area contributed by atoms with Crippen LogP contribution in [0.4, 0.5) is 0 Å². The van der Waals surface area contributed by atoms with Crippen molar-refractivity contribution in [2.45, 2.75) is 52.5 Å². The average molecular weight is 425 g/mol. The minimum atomic E-state index is -0.0416. The monoisotopic (exact) mass is 424 g/mol. The molecule has 0 amide bonds. The lowest BCUT2D eigenvalue weighted by atomic mass is 9.82. The van der Waals surface area contributed by atoms with Crippen LogP contribution in [0.1, 0.15) is 49.7 Å². The van der Waals surface area contributed by atoms with Gasteiger partial charge in [-0.15, -0.1) is 11.3 Å². The van der Waals surface area contributed by atoms with Crippen LogP contribution >= 0.6 is 11.3 Å². The molecule has 1 aliphatic heterocycles. The van der Waals surface area contributed by atoms with Crippen molar-refractivity contribution in [3.05, 3.63) is 52.9 Å². The number of pyridine rings is 1. The van der Waals surface area contributed by atoms with E-state index in [4.69, 9.17) is 4.74 Å². The van der Waals surface area contributed by atoms with Gasteiger partial charge in [0.15, 0.2) is 0 Å². The van der Waals surface area contributed by atoms with E-state index in [0.717, 1.165) is 61.6 Å². The van der Waals surface area contributed by atoms with Crippen LogP contribution in [-0.2, 0) is 16.7 Å². The third kappa shape index (κ3) is 4.41. The molecule has 4 heterocycles. The van der Waals surface area contributed by atoms with E-state index < -0.39 is 0 Å². The van der Waals surface area contributed by atoms with Crippen LogP contribution in [0, 0.1) is 12.3 Å². The van der Waals surface area contributed by atoms with Gasteiger partial charge in [0.1, 0.15) is 4.83 Å². The fourth-order valence-corrected chi connectivity index (χ4v) is 5.42. The van der Waals surface area contributed by atoms with Gasteiger partial charge in [0.2, 0.25) is 0 Å². The van der Waals surface area contributed by atoms with Crippen LogP contribution in [0.25, 0.3) is 10.3 Å². The molecule has 30 heavy (non-hydrogen) atoms. The molecule has 160 valence electrons. The number of ether oxygens (including phenoxy) is 1. The number of thiophene rings is 1.